The van der Waals surface area contributed by atoms with Crippen molar-refractivity contribution in [3.8, 4) is 5.75 Å². The lowest BCUT2D eigenvalue weighted by molar-refractivity contribution is 0.254. The van der Waals surface area contributed by atoms with Crippen LogP contribution in [0.5, 0.6) is 5.75 Å². The van der Waals surface area contributed by atoms with Gasteiger partial charge in [0.1, 0.15) is 11.6 Å². The van der Waals surface area contributed by atoms with Gasteiger partial charge in [-0.25, -0.2) is 13.4 Å². The molecule has 34 heavy (non-hydrogen) atoms. The Hall–Kier alpha value is -2.87. The topological polar surface area (TPSA) is 64.4 Å². The van der Waals surface area contributed by atoms with Crippen LogP contribution in [0.25, 0.3) is 11.0 Å². The number of benzene rings is 3. The lowest BCUT2D eigenvalue weighted by Gasteiger charge is -2.18. The molecule has 3 aromatic carbocycles. The Balaban J connectivity index is 1.40. The summed E-state index contributed by atoms with van der Waals surface area (Å²) in [7, 11) is -1.19. The van der Waals surface area contributed by atoms with E-state index < -0.39 is 9.84 Å². The highest BCUT2D eigenvalue weighted by molar-refractivity contribution is 7.90. The maximum absolute atomic E-state index is 11.7. The molecule has 6 nitrogen and oxygen atoms in total. The molecule has 0 amide bonds. The first kappa shape index (κ1) is 24.3. The van der Waals surface area contributed by atoms with Crippen molar-refractivity contribution in [2.75, 3.05) is 26.5 Å². The van der Waals surface area contributed by atoms with Crippen molar-refractivity contribution in [1.82, 2.24) is 14.5 Å². The van der Waals surface area contributed by atoms with Crippen molar-refractivity contribution in [2.45, 2.75) is 24.4 Å². The van der Waals surface area contributed by atoms with Crippen LogP contribution in [-0.2, 0) is 22.9 Å². The van der Waals surface area contributed by atoms with Gasteiger partial charge in [0.15, 0.2) is 9.84 Å². The Morgan fingerprint density at radius 3 is 2.59 bits per heavy atom. The molecule has 0 aliphatic rings. The van der Waals surface area contributed by atoms with E-state index in [-0.39, 0.29) is 4.90 Å². The van der Waals surface area contributed by atoms with Crippen LogP contribution in [0, 0.1) is 0 Å². The summed E-state index contributed by atoms with van der Waals surface area (Å²) in [5.41, 5.74) is 3.16. The number of sulfone groups is 1. The van der Waals surface area contributed by atoms with Gasteiger partial charge in [-0.05, 0) is 55.4 Å². The third-order valence-electron chi connectivity index (χ3n) is 5.57. The number of imidazole rings is 1. The highest BCUT2D eigenvalue weighted by atomic mass is 35.5. The van der Waals surface area contributed by atoms with E-state index in [9.17, 15) is 8.42 Å². The van der Waals surface area contributed by atoms with Gasteiger partial charge in [0.05, 0.1) is 29.1 Å². The second-order valence-electron chi connectivity index (χ2n) is 8.42. The average molecular weight is 498 g/mol. The predicted molar refractivity (Wildman–Crippen MR) is 136 cm³/mol. The van der Waals surface area contributed by atoms with Crippen LogP contribution in [0.15, 0.2) is 77.7 Å². The molecule has 1 heterocycles. The van der Waals surface area contributed by atoms with Crippen LogP contribution >= 0.6 is 11.6 Å². The molecule has 0 spiro atoms. The van der Waals surface area contributed by atoms with E-state index in [4.69, 9.17) is 21.3 Å². The first-order valence-corrected chi connectivity index (χ1v) is 13.4. The van der Waals surface area contributed by atoms with Crippen LogP contribution in [-0.4, -0.2) is 49.3 Å². The van der Waals surface area contributed by atoms with E-state index >= 15 is 0 Å². The third-order valence-corrected chi connectivity index (χ3v) is 6.92. The molecular formula is C26H28ClN3O3S. The van der Waals surface area contributed by atoms with Gasteiger partial charge in [-0.3, -0.25) is 4.90 Å². The molecule has 0 unspecified atom stereocenters. The SMILES string of the molecule is CN(CCCOc1cccc(S(C)(=O)=O)c1)Cc1nc2cc(Cl)ccc2n1Cc1ccccc1. The summed E-state index contributed by atoms with van der Waals surface area (Å²) in [6.07, 6.45) is 1.99. The lowest BCUT2D eigenvalue weighted by atomic mass is 10.2. The Labute approximate surface area is 205 Å². The van der Waals surface area contributed by atoms with Crippen molar-refractivity contribution in [2.24, 2.45) is 0 Å². The Morgan fingerprint density at radius 1 is 1.03 bits per heavy atom. The number of hydrogen-bond acceptors (Lipinski definition) is 5. The van der Waals surface area contributed by atoms with E-state index in [2.05, 4.69) is 28.6 Å². The summed E-state index contributed by atoms with van der Waals surface area (Å²) in [5, 5.41) is 0.675. The van der Waals surface area contributed by atoms with Gasteiger partial charge in [0, 0.05) is 24.4 Å². The minimum atomic E-state index is -3.25. The fourth-order valence-electron chi connectivity index (χ4n) is 3.86. The summed E-state index contributed by atoms with van der Waals surface area (Å²) in [6.45, 7) is 2.72. The van der Waals surface area contributed by atoms with Crippen LogP contribution in [0.2, 0.25) is 5.02 Å². The second kappa shape index (κ2) is 10.6. The molecule has 4 aromatic rings. The fraction of sp³-hybridized carbons (Fsp3) is 0.269. The molecule has 178 valence electrons. The molecule has 0 N–H and O–H groups in total. The molecule has 0 saturated heterocycles. The van der Waals surface area contributed by atoms with Gasteiger partial charge in [0.2, 0.25) is 0 Å². The van der Waals surface area contributed by atoms with Crippen molar-refractivity contribution < 1.29 is 13.2 Å². The quantitative estimate of drug-likeness (QED) is 0.287. The number of ether oxygens (including phenoxy) is 1. The van der Waals surface area contributed by atoms with Gasteiger partial charge >= 0.3 is 0 Å². The van der Waals surface area contributed by atoms with Crippen molar-refractivity contribution in [3.63, 3.8) is 0 Å². The van der Waals surface area contributed by atoms with E-state index in [0.717, 1.165) is 36.4 Å². The standard InChI is InChI=1S/C26H28ClN3O3S/c1-29(14-7-15-33-22-10-6-11-23(17-22)34(2,31)32)19-26-28-24-16-21(27)12-13-25(24)30(26)18-20-8-4-3-5-9-20/h3-6,8-13,16-17H,7,14-15,18-19H2,1-2H3. The number of fused-ring (bicyclic) bond motifs is 1. The average Bonchev–Trinajstić information content (AvgIpc) is 3.12. The van der Waals surface area contributed by atoms with Crippen LogP contribution in [0.3, 0.4) is 0 Å². The maximum atomic E-state index is 11.7. The molecule has 0 saturated carbocycles. The Bertz CT molecular complexity index is 1370. The third kappa shape index (κ3) is 6.17. The maximum Gasteiger partial charge on any atom is 0.175 e. The van der Waals surface area contributed by atoms with Gasteiger partial charge in [0.25, 0.3) is 0 Å². The minimum absolute atomic E-state index is 0.263. The predicted octanol–water partition coefficient (Wildman–Crippen LogP) is 5.04. The molecule has 4 rings (SSSR count). The smallest absolute Gasteiger partial charge is 0.175 e. The highest BCUT2D eigenvalue weighted by Crippen LogP contribution is 2.23. The van der Waals surface area contributed by atoms with E-state index in [1.54, 1.807) is 24.3 Å². The van der Waals surface area contributed by atoms with Crippen LogP contribution < -0.4 is 4.74 Å². The zero-order valence-corrected chi connectivity index (χ0v) is 20.9. The van der Waals surface area contributed by atoms with Crippen LogP contribution in [0.1, 0.15) is 17.8 Å². The molecule has 0 fully saturated rings. The van der Waals surface area contributed by atoms with E-state index in [1.807, 2.05) is 36.4 Å². The van der Waals surface area contributed by atoms with Gasteiger partial charge < -0.3 is 9.30 Å². The van der Waals surface area contributed by atoms with Gasteiger partial charge in [-0.15, -0.1) is 0 Å². The zero-order valence-electron chi connectivity index (χ0n) is 19.3. The largest absolute Gasteiger partial charge is 0.494 e. The molecule has 0 aliphatic carbocycles. The minimum Gasteiger partial charge on any atom is -0.494 e. The molecule has 0 radical (unpaired) electrons. The Kier molecular flexibility index (Phi) is 7.56. The van der Waals surface area contributed by atoms with Crippen LogP contribution in [0.4, 0.5) is 0 Å². The van der Waals surface area contributed by atoms with E-state index in [0.29, 0.717) is 23.9 Å². The highest BCUT2D eigenvalue weighted by Gasteiger charge is 2.14. The molecule has 0 bridgehead atoms. The van der Waals surface area contributed by atoms with Crippen molar-refractivity contribution in [1.29, 1.82) is 0 Å². The molecule has 8 heteroatoms. The van der Waals surface area contributed by atoms with Crippen molar-refractivity contribution in [3.05, 3.63) is 89.2 Å². The number of rotatable bonds is 10. The monoisotopic (exact) mass is 497 g/mol. The van der Waals surface area contributed by atoms with Gasteiger partial charge in [-0.1, -0.05) is 48.0 Å². The first-order chi connectivity index (χ1) is 16.3. The lowest BCUT2D eigenvalue weighted by Crippen LogP contribution is -2.23. The summed E-state index contributed by atoms with van der Waals surface area (Å²) in [5.74, 6) is 1.54. The summed E-state index contributed by atoms with van der Waals surface area (Å²) < 4.78 is 31.5. The summed E-state index contributed by atoms with van der Waals surface area (Å²) in [6, 6.07) is 22.8. The molecule has 0 atom stereocenters. The number of aromatic nitrogens is 2. The number of nitrogens with zero attached hydrogens (tertiary/aromatic N) is 3. The molecule has 1 aromatic heterocycles. The molecule has 0 aliphatic heterocycles. The second-order valence-corrected chi connectivity index (χ2v) is 10.9. The fourth-order valence-corrected chi connectivity index (χ4v) is 4.68. The van der Waals surface area contributed by atoms with Crippen molar-refractivity contribution >= 4 is 32.5 Å². The molecular weight excluding hydrogens is 470 g/mol. The van der Waals surface area contributed by atoms with E-state index in [1.165, 1.54) is 11.8 Å². The zero-order chi connectivity index (χ0) is 24.1. The normalized spacial score (nSPS) is 11.9. The Morgan fingerprint density at radius 2 is 1.82 bits per heavy atom. The summed E-state index contributed by atoms with van der Waals surface area (Å²) >= 11 is 6.21. The summed E-state index contributed by atoms with van der Waals surface area (Å²) in [4.78, 5) is 7.34. The number of halogens is 1. The van der Waals surface area contributed by atoms with Gasteiger partial charge in [-0.2, -0.15) is 0 Å². The number of hydrogen-bond donors (Lipinski definition) is 0. The first-order valence-electron chi connectivity index (χ1n) is 11.1.